The van der Waals surface area contributed by atoms with Gasteiger partial charge in [-0.2, -0.15) is 0 Å². The van der Waals surface area contributed by atoms with Gasteiger partial charge < -0.3 is 4.90 Å². The Bertz CT molecular complexity index is 1370. The Balaban J connectivity index is 1.55. The number of rotatable bonds is 5. The molecular formula is C25H27N5O2S. The molecule has 0 aliphatic carbocycles. The fourth-order valence-electron chi connectivity index (χ4n) is 4.36. The number of para-hydroxylation sites is 1. The van der Waals surface area contributed by atoms with E-state index in [4.69, 9.17) is 0 Å². The van der Waals surface area contributed by atoms with Crippen LogP contribution in [0.5, 0.6) is 0 Å². The lowest BCUT2D eigenvalue weighted by Gasteiger charge is -2.30. The minimum Gasteiger partial charge on any atom is -0.342 e. The van der Waals surface area contributed by atoms with E-state index in [1.165, 1.54) is 17.3 Å². The summed E-state index contributed by atoms with van der Waals surface area (Å²) in [7, 11) is 0. The Hall–Kier alpha value is -3.13. The maximum absolute atomic E-state index is 13.4. The number of hydrogen-bond donors (Lipinski definition) is 0. The SMILES string of the molecule is CCc1ccc(-n2c(=O)c3ccccc3n3c(SCC(=O)N4CCC(C)CC4)nnc23)cc1. The summed E-state index contributed by atoms with van der Waals surface area (Å²) in [6.07, 6.45) is 3.04. The number of aryl methyl sites for hydroxylation is 1. The van der Waals surface area contributed by atoms with Gasteiger partial charge in [-0.15, -0.1) is 10.2 Å². The summed E-state index contributed by atoms with van der Waals surface area (Å²) >= 11 is 1.37. The van der Waals surface area contributed by atoms with Crippen molar-refractivity contribution in [2.75, 3.05) is 18.8 Å². The molecule has 1 fully saturated rings. The average Bonchev–Trinajstić information content (AvgIpc) is 3.27. The zero-order valence-electron chi connectivity index (χ0n) is 18.9. The number of fused-ring (bicyclic) bond motifs is 3. The number of nitrogens with zero attached hydrogens (tertiary/aromatic N) is 5. The fourth-order valence-corrected chi connectivity index (χ4v) is 5.20. The fraction of sp³-hybridized carbons (Fsp3) is 0.360. The van der Waals surface area contributed by atoms with Gasteiger partial charge in [0, 0.05) is 13.1 Å². The van der Waals surface area contributed by atoms with Gasteiger partial charge in [-0.05, 0) is 55.0 Å². The maximum Gasteiger partial charge on any atom is 0.267 e. The first-order valence-corrected chi connectivity index (χ1v) is 12.4. The molecule has 7 nitrogen and oxygen atoms in total. The molecule has 8 heteroatoms. The minimum atomic E-state index is -0.134. The number of aromatic nitrogens is 4. The second-order valence-electron chi connectivity index (χ2n) is 8.65. The Morgan fingerprint density at radius 3 is 2.52 bits per heavy atom. The molecule has 1 aliphatic rings. The Labute approximate surface area is 196 Å². The summed E-state index contributed by atoms with van der Waals surface area (Å²) in [5, 5.41) is 9.96. The molecule has 0 atom stereocenters. The molecule has 0 spiro atoms. The van der Waals surface area contributed by atoms with Crippen molar-refractivity contribution in [2.45, 2.75) is 38.3 Å². The van der Waals surface area contributed by atoms with Gasteiger partial charge in [-0.3, -0.25) is 14.0 Å². The number of carbonyl (C=O) groups excluding carboxylic acids is 1. The van der Waals surface area contributed by atoms with Crippen molar-refractivity contribution in [1.82, 2.24) is 24.1 Å². The molecule has 1 aliphatic heterocycles. The van der Waals surface area contributed by atoms with E-state index in [0.29, 0.717) is 28.0 Å². The number of thioether (sulfide) groups is 1. The van der Waals surface area contributed by atoms with Crippen molar-refractivity contribution in [3.8, 4) is 5.69 Å². The first-order valence-electron chi connectivity index (χ1n) is 11.5. The van der Waals surface area contributed by atoms with Crippen LogP contribution in [-0.2, 0) is 11.2 Å². The molecule has 3 heterocycles. The highest BCUT2D eigenvalue weighted by Gasteiger charge is 2.22. The highest BCUT2D eigenvalue weighted by molar-refractivity contribution is 7.99. The average molecular weight is 462 g/mol. The van der Waals surface area contributed by atoms with Crippen LogP contribution in [0.2, 0.25) is 0 Å². The molecule has 4 aromatic rings. The van der Waals surface area contributed by atoms with Crippen LogP contribution in [0.15, 0.2) is 58.5 Å². The normalized spacial score (nSPS) is 14.9. The van der Waals surface area contributed by atoms with E-state index in [9.17, 15) is 9.59 Å². The molecule has 170 valence electrons. The zero-order valence-corrected chi connectivity index (χ0v) is 19.7. The molecule has 0 bridgehead atoms. The molecule has 2 aromatic heterocycles. The largest absolute Gasteiger partial charge is 0.342 e. The number of carbonyl (C=O) groups is 1. The third-order valence-corrected chi connectivity index (χ3v) is 7.37. The maximum atomic E-state index is 13.4. The van der Waals surface area contributed by atoms with Gasteiger partial charge >= 0.3 is 0 Å². The lowest BCUT2D eigenvalue weighted by atomic mass is 9.99. The zero-order chi connectivity index (χ0) is 22.9. The molecule has 2 aromatic carbocycles. The molecule has 0 radical (unpaired) electrons. The molecular weight excluding hydrogens is 434 g/mol. The topological polar surface area (TPSA) is 72.5 Å². The first kappa shape index (κ1) is 21.7. The number of benzene rings is 2. The molecule has 0 saturated carbocycles. The number of piperidine rings is 1. The van der Waals surface area contributed by atoms with Crippen molar-refractivity contribution in [2.24, 2.45) is 5.92 Å². The second kappa shape index (κ2) is 9.02. The van der Waals surface area contributed by atoms with E-state index in [1.807, 2.05) is 57.8 Å². The van der Waals surface area contributed by atoms with E-state index in [-0.39, 0.29) is 11.5 Å². The third kappa shape index (κ3) is 4.04. The molecule has 1 saturated heterocycles. The Morgan fingerprint density at radius 1 is 1.06 bits per heavy atom. The molecule has 33 heavy (non-hydrogen) atoms. The van der Waals surface area contributed by atoms with Gasteiger partial charge in [0.1, 0.15) is 0 Å². The second-order valence-corrected chi connectivity index (χ2v) is 9.59. The minimum absolute atomic E-state index is 0.122. The third-order valence-electron chi connectivity index (χ3n) is 6.46. The number of amides is 1. The molecule has 5 rings (SSSR count). The van der Waals surface area contributed by atoms with Gasteiger partial charge in [0.05, 0.1) is 22.3 Å². The highest BCUT2D eigenvalue weighted by atomic mass is 32.2. The van der Waals surface area contributed by atoms with Crippen LogP contribution in [0.25, 0.3) is 22.4 Å². The van der Waals surface area contributed by atoms with Gasteiger partial charge in [0.2, 0.25) is 11.7 Å². The van der Waals surface area contributed by atoms with E-state index in [2.05, 4.69) is 24.0 Å². The van der Waals surface area contributed by atoms with Crippen LogP contribution in [0.3, 0.4) is 0 Å². The first-order chi connectivity index (χ1) is 16.1. The molecule has 1 amide bonds. The van der Waals surface area contributed by atoms with E-state index < -0.39 is 0 Å². The van der Waals surface area contributed by atoms with Crippen LogP contribution in [-0.4, -0.2) is 48.8 Å². The predicted molar refractivity (Wildman–Crippen MR) is 131 cm³/mol. The molecule has 0 N–H and O–H groups in total. The van der Waals surface area contributed by atoms with Crippen molar-refractivity contribution in [3.63, 3.8) is 0 Å². The summed E-state index contributed by atoms with van der Waals surface area (Å²) in [5.41, 5.74) is 2.55. The standard InChI is InChI=1S/C25H27N5O2S/c1-3-18-8-10-19(11-9-18)29-23(32)20-6-4-5-7-21(20)30-24(29)26-27-25(30)33-16-22(31)28-14-12-17(2)13-15-28/h4-11,17H,3,12-16H2,1-2H3. The van der Waals surface area contributed by atoms with Crippen molar-refractivity contribution < 1.29 is 4.79 Å². The van der Waals surface area contributed by atoms with E-state index in [1.54, 1.807) is 4.57 Å². The van der Waals surface area contributed by atoms with E-state index in [0.717, 1.165) is 43.6 Å². The van der Waals surface area contributed by atoms with Crippen LogP contribution in [0, 0.1) is 5.92 Å². The molecule has 0 unspecified atom stereocenters. The quantitative estimate of drug-likeness (QED) is 0.421. The monoisotopic (exact) mass is 461 g/mol. The van der Waals surface area contributed by atoms with Gasteiger partial charge in [-0.25, -0.2) is 4.57 Å². The smallest absolute Gasteiger partial charge is 0.267 e. The van der Waals surface area contributed by atoms with Crippen molar-refractivity contribution in [3.05, 3.63) is 64.4 Å². The van der Waals surface area contributed by atoms with Crippen molar-refractivity contribution >= 4 is 34.3 Å². The van der Waals surface area contributed by atoms with Crippen LogP contribution in [0.1, 0.15) is 32.3 Å². The van der Waals surface area contributed by atoms with Crippen LogP contribution < -0.4 is 5.56 Å². The lowest BCUT2D eigenvalue weighted by Crippen LogP contribution is -2.38. The predicted octanol–water partition coefficient (Wildman–Crippen LogP) is 3.95. The summed E-state index contributed by atoms with van der Waals surface area (Å²) in [4.78, 5) is 28.2. The van der Waals surface area contributed by atoms with Crippen LogP contribution in [0.4, 0.5) is 0 Å². The van der Waals surface area contributed by atoms with E-state index >= 15 is 0 Å². The summed E-state index contributed by atoms with van der Waals surface area (Å²) < 4.78 is 3.49. The highest BCUT2D eigenvalue weighted by Crippen LogP contribution is 2.24. The van der Waals surface area contributed by atoms with Crippen LogP contribution >= 0.6 is 11.8 Å². The lowest BCUT2D eigenvalue weighted by molar-refractivity contribution is -0.129. The Kier molecular flexibility index (Phi) is 5.93. The Morgan fingerprint density at radius 2 is 1.79 bits per heavy atom. The summed E-state index contributed by atoms with van der Waals surface area (Å²) in [6, 6.07) is 15.4. The number of hydrogen-bond acceptors (Lipinski definition) is 5. The summed E-state index contributed by atoms with van der Waals surface area (Å²) in [5.74, 6) is 1.55. The number of likely N-dealkylation sites (tertiary alicyclic amines) is 1. The van der Waals surface area contributed by atoms with Gasteiger partial charge in [0.15, 0.2) is 5.16 Å². The van der Waals surface area contributed by atoms with Gasteiger partial charge in [0.25, 0.3) is 5.56 Å². The summed E-state index contributed by atoms with van der Waals surface area (Å²) in [6.45, 7) is 5.97. The van der Waals surface area contributed by atoms with Crippen molar-refractivity contribution in [1.29, 1.82) is 0 Å². The van der Waals surface area contributed by atoms with Gasteiger partial charge in [-0.1, -0.05) is 49.9 Å².